The van der Waals surface area contributed by atoms with E-state index in [9.17, 15) is 0 Å². The third-order valence-corrected chi connectivity index (χ3v) is 4.36. The summed E-state index contributed by atoms with van der Waals surface area (Å²) in [5.41, 5.74) is 0. The highest BCUT2D eigenvalue weighted by atomic mass is 28.4. The number of ether oxygens (including phenoxy) is 1. The molecule has 0 fully saturated rings. The highest BCUT2D eigenvalue weighted by molar-refractivity contribution is 6.77. The molecule has 3 heteroatoms. The summed E-state index contributed by atoms with van der Waals surface area (Å²) in [6.07, 6.45) is 3.20. The molecule has 0 N–H and O–H groups in total. The van der Waals surface area contributed by atoms with Crippen molar-refractivity contribution in [3.63, 3.8) is 0 Å². The van der Waals surface area contributed by atoms with Gasteiger partial charge in [-0.1, -0.05) is 0 Å². The molecule has 2 nitrogen and oxygen atoms in total. The summed E-state index contributed by atoms with van der Waals surface area (Å²) in [5.74, 6) is 0. The summed E-state index contributed by atoms with van der Waals surface area (Å²) in [6.45, 7) is 5.13. The van der Waals surface area contributed by atoms with Crippen LogP contribution in [0.4, 0.5) is 0 Å². The molecule has 58 valence electrons. The molecule has 0 unspecified atom stereocenters. The Morgan fingerprint density at radius 1 is 1.60 bits per heavy atom. The van der Waals surface area contributed by atoms with Gasteiger partial charge in [-0.05, 0) is 19.2 Å². The molecule has 1 aliphatic rings. The van der Waals surface area contributed by atoms with Gasteiger partial charge in [-0.15, -0.1) is 0 Å². The molecule has 0 saturated heterocycles. The average molecular weight is 158 g/mol. The van der Waals surface area contributed by atoms with E-state index in [1.165, 1.54) is 0 Å². The lowest BCUT2D eigenvalue weighted by atomic mass is 10.5. The Morgan fingerprint density at radius 3 is 2.70 bits per heavy atom. The maximum absolute atomic E-state index is 5.41. The second kappa shape index (κ2) is 2.76. The Labute approximate surface area is 63.0 Å². The molecule has 0 aliphatic carbocycles. The van der Waals surface area contributed by atoms with Crippen LogP contribution in [-0.4, -0.2) is 22.0 Å². The molecule has 0 saturated carbocycles. The zero-order valence-electron chi connectivity index (χ0n) is 6.81. The van der Waals surface area contributed by atoms with E-state index in [-0.39, 0.29) is 0 Å². The van der Waals surface area contributed by atoms with Gasteiger partial charge in [0.2, 0.25) is 0 Å². The molecule has 0 aromatic rings. The first-order valence-electron chi connectivity index (χ1n) is 3.55. The fourth-order valence-electron chi connectivity index (χ4n) is 0.938. The van der Waals surface area contributed by atoms with Gasteiger partial charge in [-0.3, -0.25) is 0 Å². The van der Waals surface area contributed by atoms with Crippen LogP contribution in [0.5, 0.6) is 0 Å². The number of rotatable bonds is 2. The minimum absolute atomic E-state index is 0.842. The van der Waals surface area contributed by atoms with E-state index in [2.05, 4.69) is 19.2 Å². The Hall–Kier alpha value is -0.283. The molecule has 0 spiro atoms. The molecule has 0 atom stereocenters. The van der Waals surface area contributed by atoms with Crippen molar-refractivity contribution in [2.75, 3.05) is 13.7 Å². The summed E-state index contributed by atoms with van der Waals surface area (Å²) >= 11 is 0. The Kier molecular flexibility index (Phi) is 2.16. The van der Waals surface area contributed by atoms with E-state index in [1.807, 2.05) is 0 Å². The first-order chi connectivity index (χ1) is 4.67. The van der Waals surface area contributed by atoms with Gasteiger partial charge in [0.05, 0.1) is 6.61 Å². The molecule has 1 heterocycles. The van der Waals surface area contributed by atoms with Crippen LogP contribution in [0.15, 0.2) is 11.5 Å². The van der Waals surface area contributed by atoms with Crippen LogP contribution in [0, 0.1) is 0 Å². The highest BCUT2D eigenvalue weighted by Crippen LogP contribution is 2.21. The third-order valence-electron chi connectivity index (χ3n) is 1.81. The zero-order chi connectivity index (χ0) is 7.61. The quantitative estimate of drug-likeness (QED) is 0.569. The summed E-state index contributed by atoms with van der Waals surface area (Å²) < 4.78 is 10.8. The fourth-order valence-corrected chi connectivity index (χ4v) is 2.22. The van der Waals surface area contributed by atoms with Gasteiger partial charge in [0.1, 0.15) is 5.38 Å². The van der Waals surface area contributed by atoms with Crippen molar-refractivity contribution in [3.8, 4) is 0 Å². The van der Waals surface area contributed by atoms with Crippen molar-refractivity contribution in [2.45, 2.75) is 19.5 Å². The van der Waals surface area contributed by atoms with Crippen molar-refractivity contribution in [3.05, 3.63) is 11.5 Å². The highest BCUT2D eigenvalue weighted by Gasteiger charge is 2.30. The van der Waals surface area contributed by atoms with Gasteiger partial charge in [-0.25, -0.2) is 0 Å². The maximum atomic E-state index is 5.41. The molecule has 1 rings (SSSR count). The zero-order valence-corrected chi connectivity index (χ0v) is 7.81. The topological polar surface area (TPSA) is 18.5 Å². The third kappa shape index (κ3) is 1.41. The Balaban J connectivity index is 2.62. The summed E-state index contributed by atoms with van der Waals surface area (Å²) in [5, 5.41) is 1.11. The molecule has 0 aromatic heterocycles. The smallest absolute Gasteiger partial charge is 0.256 e. The van der Waals surface area contributed by atoms with Gasteiger partial charge in [-0.2, -0.15) is 0 Å². The van der Waals surface area contributed by atoms with Crippen LogP contribution in [0.2, 0.25) is 13.1 Å². The van der Waals surface area contributed by atoms with E-state index in [0.717, 1.165) is 18.4 Å². The monoisotopic (exact) mass is 158 g/mol. The summed E-state index contributed by atoms with van der Waals surface area (Å²) in [7, 11) is 0.153. The van der Waals surface area contributed by atoms with Crippen LogP contribution in [-0.2, 0) is 9.16 Å². The minimum atomic E-state index is -1.61. The Bertz CT molecular complexity index is 152. The Morgan fingerprint density at radius 2 is 2.30 bits per heavy atom. The largest absolute Gasteiger partial charge is 0.500 e. The second-order valence-electron chi connectivity index (χ2n) is 2.92. The van der Waals surface area contributed by atoms with Crippen LogP contribution in [0.3, 0.4) is 0 Å². The minimum Gasteiger partial charge on any atom is -0.500 e. The van der Waals surface area contributed by atoms with E-state index in [0.29, 0.717) is 0 Å². The van der Waals surface area contributed by atoms with Crippen molar-refractivity contribution < 1.29 is 9.16 Å². The van der Waals surface area contributed by atoms with E-state index >= 15 is 0 Å². The summed E-state index contributed by atoms with van der Waals surface area (Å²) in [4.78, 5) is 0. The number of hydrogen-bond acceptors (Lipinski definition) is 2. The van der Waals surface area contributed by atoms with E-state index in [4.69, 9.17) is 9.16 Å². The van der Waals surface area contributed by atoms with Gasteiger partial charge in [0.25, 0.3) is 8.32 Å². The molecule has 10 heavy (non-hydrogen) atoms. The molecule has 0 radical (unpaired) electrons. The molecule has 0 bridgehead atoms. The summed E-state index contributed by atoms with van der Waals surface area (Å²) in [6, 6.07) is 0. The molecular weight excluding hydrogens is 144 g/mol. The van der Waals surface area contributed by atoms with Crippen molar-refractivity contribution in [2.24, 2.45) is 0 Å². The molecule has 1 aliphatic heterocycles. The van der Waals surface area contributed by atoms with Gasteiger partial charge in [0.15, 0.2) is 0 Å². The normalized spacial score (nSPS) is 18.5. The first kappa shape index (κ1) is 7.82. The SMILES string of the molecule is CO[Si](C)(C)C1=CCCO1. The predicted octanol–water partition coefficient (Wildman–Crippen LogP) is 1.68. The van der Waals surface area contributed by atoms with Crippen molar-refractivity contribution >= 4 is 8.32 Å². The van der Waals surface area contributed by atoms with Crippen molar-refractivity contribution in [1.82, 2.24) is 0 Å². The fraction of sp³-hybridized carbons (Fsp3) is 0.714. The van der Waals surface area contributed by atoms with E-state index in [1.54, 1.807) is 7.11 Å². The molecule has 0 amide bonds. The lowest BCUT2D eigenvalue weighted by Gasteiger charge is -2.20. The molecule has 0 aromatic carbocycles. The van der Waals surface area contributed by atoms with Gasteiger partial charge in [0, 0.05) is 13.5 Å². The van der Waals surface area contributed by atoms with Crippen LogP contribution in [0.25, 0.3) is 0 Å². The van der Waals surface area contributed by atoms with Crippen LogP contribution >= 0.6 is 0 Å². The first-order valence-corrected chi connectivity index (χ1v) is 6.46. The second-order valence-corrected chi connectivity index (χ2v) is 6.84. The van der Waals surface area contributed by atoms with Gasteiger partial charge < -0.3 is 9.16 Å². The average Bonchev–Trinajstić information content (AvgIpc) is 2.38. The van der Waals surface area contributed by atoms with Crippen molar-refractivity contribution in [1.29, 1.82) is 0 Å². The van der Waals surface area contributed by atoms with E-state index < -0.39 is 8.32 Å². The van der Waals surface area contributed by atoms with Crippen LogP contribution < -0.4 is 0 Å². The lowest BCUT2D eigenvalue weighted by Crippen LogP contribution is -2.32. The molecular formula is C7H14O2Si. The standard InChI is InChI=1S/C7H14O2Si/c1-8-10(2,3)7-5-4-6-9-7/h5H,4,6H2,1-3H3. The maximum Gasteiger partial charge on any atom is 0.256 e. The number of hydrogen-bond donors (Lipinski definition) is 0. The van der Waals surface area contributed by atoms with Crippen LogP contribution in [0.1, 0.15) is 6.42 Å². The predicted molar refractivity (Wildman–Crippen MR) is 43.1 cm³/mol. The lowest BCUT2D eigenvalue weighted by molar-refractivity contribution is 0.249. The van der Waals surface area contributed by atoms with Gasteiger partial charge >= 0.3 is 0 Å².